The number of thioether (sulfide) groups is 1. The number of nitrogens with zero attached hydrogens (tertiary/aromatic N) is 1. The zero-order valence-corrected chi connectivity index (χ0v) is 22.4. The highest BCUT2D eigenvalue weighted by atomic mass is 35.5. The van der Waals surface area contributed by atoms with Gasteiger partial charge in [-0.25, -0.2) is 4.39 Å². The Hall–Kier alpha value is -2.83. The quantitative estimate of drug-likeness (QED) is 0.339. The number of carbonyl (C=O) groups excluding carboxylic acids is 2. The van der Waals surface area contributed by atoms with Crippen LogP contribution < -0.4 is 5.32 Å². The zero-order chi connectivity index (χ0) is 26.1. The Bertz CT molecular complexity index is 1130. The molecule has 0 bridgehead atoms. The summed E-state index contributed by atoms with van der Waals surface area (Å²) in [7, 11) is 0. The molecule has 1 unspecified atom stereocenters. The van der Waals surface area contributed by atoms with Gasteiger partial charge in [0, 0.05) is 29.3 Å². The monoisotopic (exact) mass is 526 g/mol. The molecule has 0 aliphatic heterocycles. The van der Waals surface area contributed by atoms with E-state index in [1.165, 1.54) is 23.9 Å². The Kier molecular flexibility index (Phi) is 9.97. The summed E-state index contributed by atoms with van der Waals surface area (Å²) >= 11 is 7.46. The minimum atomic E-state index is -0.722. The zero-order valence-electron chi connectivity index (χ0n) is 20.8. The molecule has 0 saturated heterocycles. The van der Waals surface area contributed by atoms with Gasteiger partial charge in [-0.2, -0.15) is 0 Å². The first-order valence-electron chi connectivity index (χ1n) is 11.8. The van der Waals surface area contributed by atoms with Crippen molar-refractivity contribution in [3.05, 3.63) is 106 Å². The number of hydrogen-bond acceptors (Lipinski definition) is 3. The van der Waals surface area contributed by atoms with Crippen molar-refractivity contribution in [2.45, 2.75) is 51.1 Å². The molecule has 3 rings (SSSR count). The minimum Gasteiger partial charge on any atom is -0.350 e. The second-order valence-electron chi connectivity index (χ2n) is 9.71. The number of rotatable bonds is 10. The van der Waals surface area contributed by atoms with Gasteiger partial charge in [-0.1, -0.05) is 66.2 Å². The maximum absolute atomic E-state index is 13.6. The van der Waals surface area contributed by atoms with Gasteiger partial charge in [0.15, 0.2) is 0 Å². The van der Waals surface area contributed by atoms with Crippen molar-refractivity contribution in [1.82, 2.24) is 10.2 Å². The van der Waals surface area contributed by atoms with Crippen LogP contribution in [0.25, 0.3) is 0 Å². The molecule has 0 aromatic heterocycles. The highest BCUT2D eigenvalue weighted by Gasteiger charge is 2.32. The van der Waals surface area contributed by atoms with Crippen LogP contribution in [0.2, 0.25) is 5.02 Å². The van der Waals surface area contributed by atoms with Gasteiger partial charge in [-0.15, -0.1) is 11.8 Å². The van der Waals surface area contributed by atoms with Crippen LogP contribution in [0.15, 0.2) is 78.9 Å². The second-order valence-corrected chi connectivity index (χ2v) is 11.1. The van der Waals surface area contributed by atoms with Gasteiger partial charge < -0.3 is 10.2 Å². The number of nitrogens with one attached hydrogen (secondary N) is 1. The van der Waals surface area contributed by atoms with E-state index in [9.17, 15) is 14.0 Å². The van der Waals surface area contributed by atoms with Crippen molar-refractivity contribution >= 4 is 35.2 Å². The van der Waals surface area contributed by atoms with Gasteiger partial charge in [0.25, 0.3) is 0 Å². The fraction of sp³-hybridized carbons (Fsp3) is 0.310. The molecule has 7 heteroatoms. The van der Waals surface area contributed by atoms with Crippen LogP contribution in [0.1, 0.15) is 37.5 Å². The van der Waals surface area contributed by atoms with Crippen LogP contribution in [-0.4, -0.2) is 34.0 Å². The Balaban J connectivity index is 1.85. The Morgan fingerprint density at radius 1 is 0.917 bits per heavy atom. The molecule has 1 atom stereocenters. The average molecular weight is 527 g/mol. The molecule has 1 N–H and O–H groups in total. The molecular formula is C29H32ClFN2O2S. The molecule has 4 nitrogen and oxygen atoms in total. The van der Waals surface area contributed by atoms with Crippen LogP contribution >= 0.6 is 23.4 Å². The van der Waals surface area contributed by atoms with Crippen LogP contribution in [-0.2, 0) is 28.3 Å². The summed E-state index contributed by atoms with van der Waals surface area (Å²) in [4.78, 5) is 28.7. The summed E-state index contributed by atoms with van der Waals surface area (Å²) in [5.74, 6) is 0.136. The molecule has 0 radical (unpaired) electrons. The van der Waals surface area contributed by atoms with Crippen molar-refractivity contribution in [3.8, 4) is 0 Å². The maximum Gasteiger partial charge on any atom is 0.243 e. The molecule has 0 spiro atoms. The molecule has 0 fully saturated rings. The molecule has 0 aliphatic carbocycles. The highest BCUT2D eigenvalue weighted by Crippen LogP contribution is 2.20. The van der Waals surface area contributed by atoms with E-state index in [-0.39, 0.29) is 29.9 Å². The summed E-state index contributed by atoms with van der Waals surface area (Å²) in [6.45, 7) is 5.95. The van der Waals surface area contributed by atoms with E-state index in [1.807, 2.05) is 75.4 Å². The number of hydrogen-bond donors (Lipinski definition) is 1. The van der Waals surface area contributed by atoms with E-state index in [1.54, 1.807) is 17.0 Å². The molecule has 2 amide bonds. The standard InChI is InChI=1S/C29H32ClFN2O2S/c1-29(2,3)32-28(35)26(17-21-7-5-4-6-8-21)33(18-22-11-15-25(31)16-12-22)27(34)20-36-19-23-9-13-24(30)14-10-23/h4-16,26H,17-20H2,1-3H3,(H,32,35). The van der Waals surface area contributed by atoms with E-state index in [0.29, 0.717) is 17.2 Å². The van der Waals surface area contributed by atoms with E-state index in [4.69, 9.17) is 11.6 Å². The molecule has 3 aromatic rings. The lowest BCUT2D eigenvalue weighted by molar-refractivity contribution is -0.140. The average Bonchev–Trinajstić information content (AvgIpc) is 2.83. The smallest absolute Gasteiger partial charge is 0.243 e. The topological polar surface area (TPSA) is 49.4 Å². The first-order chi connectivity index (χ1) is 17.1. The van der Waals surface area contributed by atoms with Gasteiger partial charge in [0.2, 0.25) is 11.8 Å². The van der Waals surface area contributed by atoms with E-state index < -0.39 is 11.6 Å². The lowest BCUT2D eigenvalue weighted by Crippen LogP contribution is -2.54. The Morgan fingerprint density at radius 2 is 1.53 bits per heavy atom. The normalized spacial score (nSPS) is 12.1. The molecule has 0 aliphatic rings. The molecule has 36 heavy (non-hydrogen) atoms. The third kappa shape index (κ3) is 8.99. The third-order valence-corrected chi connectivity index (χ3v) is 6.68. The van der Waals surface area contributed by atoms with Gasteiger partial charge in [-0.3, -0.25) is 9.59 Å². The fourth-order valence-corrected chi connectivity index (χ4v) is 4.71. The lowest BCUT2D eigenvalue weighted by Gasteiger charge is -2.34. The third-order valence-electron chi connectivity index (χ3n) is 5.44. The first-order valence-corrected chi connectivity index (χ1v) is 13.4. The number of amides is 2. The molecular weight excluding hydrogens is 495 g/mol. The van der Waals surface area contributed by atoms with E-state index in [0.717, 1.165) is 16.7 Å². The molecule has 0 saturated carbocycles. The largest absolute Gasteiger partial charge is 0.350 e. The molecule has 3 aromatic carbocycles. The first kappa shape index (κ1) is 27.8. The van der Waals surface area contributed by atoms with Crippen molar-refractivity contribution < 1.29 is 14.0 Å². The van der Waals surface area contributed by atoms with Crippen LogP contribution in [0.3, 0.4) is 0 Å². The van der Waals surface area contributed by atoms with E-state index in [2.05, 4.69) is 5.32 Å². The van der Waals surface area contributed by atoms with Gasteiger partial charge in [0.1, 0.15) is 11.9 Å². The summed E-state index contributed by atoms with van der Waals surface area (Å²) in [6, 6.07) is 22.5. The number of halogens is 2. The van der Waals surface area contributed by atoms with Crippen molar-refractivity contribution in [2.75, 3.05) is 5.75 Å². The van der Waals surface area contributed by atoms with Crippen molar-refractivity contribution in [3.63, 3.8) is 0 Å². The predicted octanol–water partition coefficient (Wildman–Crippen LogP) is 6.27. The summed E-state index contributed by atoms with van der Waals surface area (Å²) in [5, 5.41) is 3.71. The second kappa shape index (κ2) is 12.9. The van der Waals surface area contributed by atoms with Crippen molar-refractivity contribution in [1.29, 1.82) is 0 Å². The lowest BCUT2D eigenvalue weighted by atomic mass is 10.0. The minimum absolute atomic E-state index is 0.150. The van der Waals surface area contributed by atoms with Crippen LogP contribution in [0.5, 0.6) is 0 Å². The maximum atomic E-state index is 13.6. The van der Waals surface area contributed by atoms with Gasteiger partial charge in [-0.05, 0) is 61.7 Å². The highest BCUT2D eigenvalue weighted by molar-refractivity contribution is 7.99. The predicted molar refractivity (Wildman–Crippen MR) is 146 cm³/mol. The van der Waals surface area contributed by atoms with Crippen molar-refractivity contribution in [2.24, 2.45) is 0 Å². The fourth-order valence-electron chi connectivity index (χ4n) is 3.71. The van der Waals surface area contributed by atoms with Gasteiger partial charge >= 0.3 is 0 Å². The molecule has 190 valence electrons. The number of benzene rings is 3. The van der Waals surface area contributed by atoms with Crippen LogP contribution in [0.4, 0.5) is 4.39 Å². The van der Waals surface area contributed by atoms with E-state index >= 15 is 0 Å². The summed E-state index contributed by atoms with van der Waals surface area (Å²) in [6.07, 6.45) is 0.373. The number of carbonyl (C=O) groups is 2. The van der Waals surface area contributed by atoms with Gasteiger partial charge in [0.05, 0.1) is 5.75 Å². The summed E-state index contributed by atoms with van der Waals surface area (Å²) in [5.41, 5.74) is 2.32. The Morgan fingerprint density at radius 3 is 2.14 bits per heavy atom. The Labute approximate surface area is 222 Å². The summed E-state index contributed by atoms with van der Waals surface area (Å²) < 4.78 is 13.5. The molecule has 0 heterocycles. The SMILES string of the molecule is CC(C)(C)NC(=O)C(Cc1ccccc1)N(Cc1ccc(F)cc1)C(=O)CSCc1ccc(Cl)cc1. The van der Waals surface area contributed by atoms with Crippen LogP contribution in [0, 0.1) is 5.82 Å².